The van der Waals surface area contributed by atoms with E-state index in [0.29, 0.717) is 16.5 Å². The molecule has 0 heterocycles. The van der Waals surface area contributed by atoms with E-state index < -0.39 is 22.9 Å². The van der Waals surface area contributed by atoms with Crippen LogP contribution in [-0.4, -0.2) is 30.0 Å². The van der Waals surface area contributed by atoms with Crippen LogP contribution in [0.25, 0.3) is 0 Å². The molecule has 0 saturated heterocycles. The summed E-state index contributed by atoms with van der Waals surface area (Å²) in [6.45, 7) is 1.37. The molecule has 9 nitrogen and oxygen atoms in total. The van der Waals surface area contributed by atoms with E-state index in [-0.39, 0.29) is 16.9 Å². The summed E-state index contributed by atoms with van der Waals surface area (Å²) in [6.07, 6.45) is -1.15. The quantitative estimate of drug-likeness (QED) is 0.333. The Labute approximate surface area is 159 Å². The number of nitrogen functional groups attached to an aromatic ring is 1. The Hall–Kier alpha value is -3.33. The summed E-state index contributed by atoms with van der Waals surface area (Å²) in [6, 6.07) is 7.97. The lowest BCUT2D eigenvalue weighted by Crippen LogP contribution is -2.30. The van der Waals surface area contributed by atoms with Crippen molar-refractivity contribution < 1.29 is 24.0 Å². The van der Waals surface area contributed by atoms with Crippen LogP contribution in [0.15, 0.2) is 36.4 Å². The predicted molar refractivity (Wildman–Crippen MR) is 99.0 cm³/mol. The van der Waals surface area contributed by atoms with Crippen LogP contribution < -0.4 is 15.8 Å². The lowest BCUT2D eigenvalue weighted by Gasteiger charge is -2.15. The molecule has 3 N–H and O–H groups in total. The van der Waals surface area contributed by atoms with E-state index >= 15 is 0 Å². The molecule has 1 amide bonds. The van der Waals surface area contributed by atoms with Crippen LogP contribution in [0.1, 0.15) is 17.3 Å². The Morgan fingerprint density at radius 3 is 2.52 bits per heavy atom. The topological polar surface area (TPSA) is 134 Å². The number of non-ortho nitro benzene ring substituents is 1. The van der Waals surface area contributed by atoms with Crippen LogP contribution in [0.2, 0.25) is 5.02 Å². The maximum atomic E-state index is 12.2. The summed E-state index contributed by atoms with van der Waals surface area (Å²) in [5.41, 5.74) is 5.58. The van der Waals surface area contributed by atoms with Gasteiger partial charge in [-0.2, -0.15) is 0 Å². The van der Waals surface area contributed by atoms with Gasteiger partial charge >= 0.3 is 5.97 Å². The average molecular weight is 394 g/mol. The second-order valence-corrected chi connectivity index (χ2v) is 5.82. The van der Waals surface area contributed by atoms with Gasteiger partial charge in [-0.3, -0.25) is 14.9 Å². The number of hydrogen-bond acceptors (Lipinski definition) is 7. The maximum absolute atomic E-state index is 12.2. The largest absolute Gasteiger partial charge is 0.495 e. The fourth-order valence-corrected chi connectivity index (χ4v) is 2.37. The van der Waals surface area contributed by atoms with Crippen molar-refractivity contribution in [2.45, 2.75) is 13.0 Å². The predicted octanol–water partition coefficient (Wildman–Crippen LogP) is 3.02. The number of anilines is 2. The molecule has 10 heteroatoms. The lowest BCUT2D eigenvalue weighted by atomic mass is 10.1. The Kier molecular flexibility index (Phi) is 6.19. The highest BCUT2D eigenvalue weighted by Crippen LogP contribution is 2.27. The van der Waals surface area contributed by atoms with Gasteiger partial charge in [0.1, 0.15) is 5.75 Å². The third kappa shape index (κ3) is 4.85. The number of methoxy groups -OCH3 is 1. The maximum Gasteiger partial charge on any atom is 0.341 e. The highest BCUT2D eigenvalue weighted by atomic mass is 35.5. The molecule has 0 spiro atoms. The molecule has 142 valence electrons. The average Bonchev–Trinajstić information content (AvgIpc) is 2.61. The fourth-order valence-electron chi connectivity index (χ4n) is 2.12. The first kappa shape index (κ1) is 20.0. The molecule has 0 unspecified atom stereocenters. The van der Waals surface area contributed by atoms with Gasteiger partial charge in [0.05, 0.1) is 28.3 Å². The molecule has 0 bridgehead atoms. The van der Waals surface area contributed by atoms with Crippen molar-refractivity contribution in [1.29, 1.82) is 0 Å². The SMILES string of the molecule is COc1ccc(NC(=O)[C@@H](C)OC(=O)c2ccc([N+](=O)[O-])cc2N)cc1Cl. The van der Waals surface area contributed by atoms with E-state index in [0.717, 1.165) is 12.1 Å². The minimum Gasteiger partial charge on any atom is -0.495 e. The van der Waals surface area contributed by atoms with Gasteiger partial charge in [-0.15, -0.1) is 0 Å². The molecular weight excluding hydrogens is 378 g/mol. The molecule has 27 heavy (non-hydrogen) atoms. The van der Waals surface area contributed by atoms with Crippen LogP contribution >= 0.6 is 11.6 Å². The smallest absolute Gasteiger partial charge is 0.341 e. The number of nitrogens with one attached hydrogen (secondary N) is 1. The van der Waals surface area contributed by atoms with Crippen LogP contribution in [0.3, 0.4) is 0 Å². The summed E-state index contributed by atoms with van der Waals surface area (Å²) in [7, 11) is 1.46. The number of hydrogen-bond donors (Lipinski definition) is 2. The van der Waals surface area contributed by atoms with Gasteiger partial charge in [-0.1, -0.05) is 11.6 Å². The number of nitrogens with two attached hydrogens (primary N) is 1. The van der Waals surface area contributed by atoms with Crippen molar-refractivity contribution in [3.05, 3.63) is 57.1 Å². The van der Waals surface area contributed by atoms with Crippen LogP contribution in [0, 0.1) is 10.1 Å². The van der Waals surface area contributed by atoms with E-state index in [2.05, 4.69) is 5.32 Å². The summed E-state index contributed by atoms with van der Waals surface area (Å²) >= 11 is 5.99. The summed E-state index contributed by atoms with van der Waals surface area (Å²) in [5.74, 6) is -1.02. The van der Waals surface area contributed by atoms with E-state index in [1.807, 2.05) is 0 Å². The third-order valence-corrected chi connectivity index (χ3v) is 3.83. The van der Waals surface area contributed by atoms with Crippen molar-refractivity contribution in [1.82, 2.24) is 0 Å². The molecular formula is C17H16ClN3O6. The minimum absolute atomic E-state index is 0.0762. The zero-order valence-corrected chi connectivity index (χ0v) is 15.1. The Morgan fingerprint density at radius 2 is 1.96 bits per heavy atom. The number of esters is 1. The highest BCUT2D eigenvalue weighted by Gasteiger charge is 2.22. The first-order valence-corrected chi connectivity index (χ1v) is 8.00. The molecule has 2 rings (SSSR count). The number of benzene rings is 2. The number of ether oxygens (including phenoxy) is 2. The molecule has 0 saturated carbocycles. The number of carbonyl (C=O) groups is 2. The Balaban J connectivity index is 2.04. The Bertz CT molecular complexity index is 902. The van der Waals surface area contributed by atoms with Crippen LogP contribution in [0.4, 0.5) is 17.1 Å². The molecule has 0 radical (unpaired) electrons. The normalized spacial score (nSPS) is 11.4. The molecule has 0 aliphatic rings. The number of carbonyl (C=O) groups excluding carboxylic acids is 2. The highest BCUT2D eigenvalue weighted by molar-refractivity contribution is 6.32. The van der Waals surface area contributed by atoms with Crippen LogP contribution in [0.5, 0.6) is 5.75 Å². The van der Waals surface area contributed by atoms with Gasteiger partial charge in [-0.05, 0) is 31.2 Å². The van der Waals surface area contributed by atoms with Crippen molar-refractivity contribution in [2.24, 2.45) is 0 Å². The number of rotatable bonds is 6. The lowest BCUT2D eigenvalue weighted by molar-refractivity contribution is -0.384. The standard InChI is InChI=1S/C17H16ClN3O6/c1-9(16(22)20-10-3-6-15(26-2)13(18)7-10)27-17(23)12-5-4-11(21(24)25)8-14(12)19/h3-9H,19H2,1-2H3,(H,20,22)/t9-/m1/s1. The Morgan fingerprint density at radius 1 is 1.26 bits per heavy atom. The molecule has 0 aliphatic heterocycles. The van der Waals surface area contributed by atoms with E-state index in [4.69, 9.17) is 26.8 Å². The monoisotopic (exact) mass is 393 g/mol. The van der Waals surface area contributed by atoms with Gasteiger partial charge in [0.2, 0.25) is 0 Å². The van der Waals surface area contributed by atoms with Gasteiger partial charge in [-0.25, -0.2) is 4.79 Å². The van der Waals surface area contributed by atoms with Crippen molar-refractivity contribution in [3.8, 4) is 5.75 Å². The van der Waals surface area contributed by atoms with E-state index in [1.54, 1.807) is 12.1 Å². The number of nitro groups is 1. The van der Waals surface area contributed by atoms with Crippen molar-refractivity contribution in [3.63, 3.8) is 0 Å². The van der Waals surface area contributed by atoms with E-state index in [9.17, 15) is 19.7 Å². The van der Waals surface area contributed by atoms with Gasteiger partial charge < -0.3 is 20.5 Å². The number of nitro benzene ring substituents is 1. The first-order chi connectivity index (χ1) is 12.7. The second kappa shape index (κ2) is 8.37. The second-order valence-electron chi connectivity index (χ2n) is 5.41. The molecule has 2 aromatic carbocycles. The van der Waals surface area contributed by atoms with Gasteiger partial charge in [0.25, 0.3) is 11.6 Å². The molecule has 0 fully saturated rings. The molecule has 0 aliphatic carbocycles. The molecule has 0 aromatic heterocycles. The van der Waals surface area contributed by atoms with Gasteiger partial charge in [0.15, 0.2) is 6.10 Å². The van der Waals surface area contributed by atoms with Gasteiger partial charge in [0, 0.05) is 17.8 Å². The zero-order chi connectivity index (χ0) is 20.1. The summed E-state index contributed by atoms with van der Waals surface area (Å²) < 4.78 is 10.1. The summed E-state index contributed by atoms with van der Waals surface area (Å²) in [5, 5.41) is 13.6. The van der Waals surface area contributed by atoms with E-state index in [1.165, 1.54) is 26.2 Å². The zero-order valence-electron chi connectivity index (χ0n) is 14.4. The number of halogens is 1. The number of nitrogens with zero attached hydrogens (tertiary/aromatic N) is 1. The molecule has 1 atom stereocenters. The van der Waals surface area contributed by atoms with Crippen LogP contribution in [-0.2, 0) is 9.53 Å². The van der Waals surface area contributed by atoms with Crippen molar-refractivity contribution >= 4 is 40.5 Å². The molecule has 2 aromatic rings. The van der Waals surface area contributed by atoms with Crippen molar-refractivity contribution in [2.75, 3.05) is 18.2 Å². The number of amides is 1. The minimum atomic E-state index is -1.15. The summed E-state index contributed by atoms with van der Waals surface area (Å²) in [4.78, 5) is 34.4. The first-order valence-electron chi connectivity index (χ1n) is 7.62. The fraction of sp³-hybridized carbons (Fsp3) is 0.176. The third-order valence-electron chi connectivity index (χ3n) is 3.54.